The number of halogens is 1. The lowest BCUT2D eigenvalue weighted by atomic mass is 10.1. The number of rotatable bonds is 5. The standard InChI is InChI=1S/C17H19ClN2O3/c18-16-6-5-15(23-16)17(21)19-11-13-1-3-14(4-2-13)12-20-7-9-22-10-8-20/h1-6H,7-12H2,(H,19,21). The monoisotopic (exact) mass is 334 g/mol. The van der Waals surface area contributed by atoms with E-state index in [-0.39, 0.29) is 16.9 Å². The summed E-state index contributed by atoms with van der Waals surface area (Å²) in [6, 6.07) is 11.4. The first kappa shape index (κ1) is 16.1. The molecule has 6 heteroatoms. The first-order valence-corrected chi connectivity index (χ1v) is 8.00. The number of carbonyl (C=O) groups is 1. The lowest BCUT2D eigenvalue weighted by molar-refractivity contribution is 0.0342. The van der Waals surface area contributed by atoms with Crippen molar-refractivity contribution in [2.45, 2.75) is 13.1 Å². The zero-order chi connectivity index (χ0) is 16.1. The van der Waals surface area contributed by atoms with Crippen LogP contribution in [-0.2, 0) is 17.8 Å². The van der Waals surface area contributed by atoms with Gasteiger partial charge < -0.3 is 14.5 Å². The third-order valence-corrected chi connectivity index (χ3v) is 3.99. The SMILES string of the molecule is O=C(NCc1ccc(CN2CCOCC2)cc1)c1ccc(Cl)o1. The minimum absolute atomic E-state index is 0.211. The van der Waals surface area contributed by atoms with Crippen molar-refractivity contribution in [1.29, 1.82) is 0 Å². The summed E-state index contributed by atoms with van der Waals surface area (Å²) in [4.78, 5) is 14.3. The molecule has 2 aromatic rings. The van der Waals surface area contributed by atoms with Gasteiger partial charge in [-0.05, 0) is 34.9 Å². The number of ether oxygens (including phenoxy) is 1. The van der Waals surface area contributed by atoms with Crippen molar-refractivity contribution in [3.05, 3.63) is 58.5 Å². The van der Waals surface area contributed by atoms with E-state index in [0.717, 1.165) is 38.4 Å². The second-order valence-electron chi connectivity index (χ2n) is 5.49. The molecule has 122 valence electrons. The highest BCUT2D eigenvalue weighted by Gasteiger charge is 2.11. The second-order valence-corrected chi connectivity index (χ2v) is 5.86. The molecule has 2 heterocycles. The normalized spacial score (nSPS) is 15.5. The van der Waals surface area contributed by atoms with Crippen LogP contribution in [0.2, 0.25) is 5.22 Å². The zero-order valence-electron chi connectivity index (χ0n) is 12.8. The third kappa shape index (κ3) is 4.58. The number of amides is 1. The molecule has 1 aliphatic rings. The summed E-state index contributed by atoms with van der Waals surface area (Å²) >= 11 is 5.66. The van der Waals surface area contributed by atoms with E-state index in [1.165, 1.54) is 5.56 Å². The molecule has 3 rings (SSSR count). The van der Waals surface area contributed by atoms with Gasteiger partial charge in [0.05, 0.1) is 13.2 Å². The highest BCUT2D eigenvalue weighted by Crippen LogP contribution is 2.13. The molecule has 0 bridgehead atoms. The molecule has 0 atom stereocenters. The van der Waals surface area contributed by atoms with Crippen molar-refractivity contribution in [3.8, 4) is 0 Å². The summed E-state index contributed by atoms with van der Waals surface area (Å²) in [6.07, 6.45) is 0. The molecular formula is C17H19ClN2O3. The number of nitrogens with zero attached hydrogens (tertiary/aromatic N) is 1. The van der Waals surface area contributed by atoms with E-state index in [2.05, 4.69) is 22.3 Å². The van der Waals surface area contributed by atoms with Gasteiger partial charge in [0.1, 0.15) is 0 Å². The van der Waals surface area contributed by atoms with Crippen LogP contribution in [0.3, 0.4) is 0 Å². The number of furan rings is 1. The van der Waals surface area contributed by atoms with Gasteiger partial charge in [0, 0.05) is 26.2 Å². The van der Waals surface area contributed by atoms with Gasteiger partial charge in [-0.1, -0.05) is 24.3 Å². The van der Waals surface area contributed by atoms with E-state index < -0.39 is 0 Å². The predicted octanol–water partition coefficient (Wildman–Crippen LogP) is 2.70. The lowest BCUT2D eigenvalue weighted by Gasteiger charge is -2.26. The van der Waals surface area contributed by atoms with Crippen LogP contribution in [0.15, 0.2) is 40.8 Å². The Bertz CT molecular complexity index is 648. The lowest BCUT2D eigenvalue weighted by Crippen LogP contribution is -2.35. The molecule has 0 radical (unpaired) electrons. The van der Waals surface area contributed by atoms with Crippen LogP contribution in [0.4, 0.5) is 0 Å². The van der Waals surface area contributed by atoms with Crippen LogP contribution in [0.1, 0.15) is 21.7 Å². The molecule has 1 aliphatic heterocycles. The van der Waals surface area contributed by atoms with Gasteiger partial charge in [0.2, 0.25) is 0 Å². The molecule has 0 saturated carbocycles. The Morgan fingerprint density at radius 2 is 1.78 bits per heavy atom. The van der Waals surface area contributed by atoms with Gasteiger partial charge in [0.25, 0.3) is 5.91 Å². The molecule has 0 spiro atoms. The molecule has 1 fully saturated rings. The average Bonchev–Trinajstić information content (AvgIpc) is 3.01. The molecule has 0 aliphatic carbocycles. The predicted molar refractivity (Wildman–Crippen MR) is 87.4 cm³/mol. The summed E-state index contributed by atoms with van der Waals surface area (Å²) in [5.41, 5.74) is 2.31. The van der Waals surface area contributed by atoms with Crippen LogP contribution in [0, 0.1) is 0 Å². The van der Waals surface area contributed by atoms with E-state index in [4.69, 9.17) is 20.8 Å². The summed E-state index contributed by atoms with van der Waals surface area (Å²) in [5, 5.41) is 3.02. The second kappa shape index (κ2) is 7.64. The summed E-state index contributed by atoms with van der Waals surface area (Å²) in [6.45, 7) is 4.95. The Kier molecular flexibility index (Phi) is 5.33. The zero-order valence-corrected chi connectivity index (χ0v) is 13.5. The molecule has 1 saturated heterocycles. The van der Waals surface area contributed by atoms with Gasteiger partial charge in [-0.2, -0.15) is 0 Å². The van der Waals surface area contributed by atoms with E-state index in [0.29, 0.717) is 6.54 Å². The van der Waals surface area contributed by atoms with Crippen molar-refractivity contribution in [2.24, 2.45) is 0 Å². The Morgan fingerprint density at radius 1 is 1.09 bits per heavy atom. The average molecular weight is 335 g/mol. The van der Waals surface area contributed by atoms with Crippen molar-refractivity contribution >= 4 is 17.5 Å². The molecule has 5 nitrogen and oxygen atoms in total. The van der Waals surface area contributed by atoms with Crippen LogP contribution in [0.5, 0.6) is 0 Å². The Hall–Kier alpha value is -1.82. The van der Waals surface area contributed by atoms with Crippen LogP contribution >= 0.6 is 11.6 Å². The van der Waals surface area contributed by atoms with Crippen LogP contribution in [0.25, 0.3) is 0 Å². The fourth-order valence-corrected chi connectivity index (χ4v) is 2.63. The van der Waals surface area contributed by atoms with Crippen molar-refractivity contribution in [1.82, 2.24) is 10.2 Å². The number of benzene rings is 1. The topological polar surface area (TPSA) is 54.7 Å². The third-order valence-electron chi connectivity index (χ3n) is 3.78. The molecule has 1 amide bonds. The Morgan fingerprint density at radius 3 is 2.43 bits per heavy atom. The van der Waals surface area contributed by atoms with Crippen molar-refractivity contribution in [3.63, 3.8) is 0 Å². The van der Waals surface area contributed by atoms with Gasteiger partial charge in [-0.15, -0.1) is 0 Å². The first-order chi connectivity index (χ1) is 11.2. The minimum Gasteiger partial charge on any atom is -0.440 e. The van der Waals surface area contributed by atoms with Gasteiger partial charge in [-0.25, -0.2) is 0 Å². The fraction of sp³-hybridized carbons (Fsp3) is 0.353. The molecule has 23 heavy (non-hydrogen) atoms. The van der Waals surface area contributed by atoms with E-state index in [1.807, 2.05) is 12.1 Å². The number of hydrogen-bond donors (Lipinski definition) is 1. The number of carbonyl (C=O) groups excluding carboxylic acids is 1. The van der Waals surface area contributed by atoms with E-state index in [9.17, 15) is 4.79 Å². The van der Waals surface area contributed by atoms with Crippen LogP contribution < -0.4 is 5.32 Å². The molecular weight excluding hydrogens is 316 g/mol. The molecule has 1 aromatic heterocycles. The van der Waals surface area contributed by atoms with Gasteiger partial charge in [-0.3, -0.25) is 9.69 Å². The molecule has 0 unspecified atom stereocenters. The van der Waals surface area contributed by atoms with Crippen LogP contribution in [-0.4, -0.2) is 37.1 Å². The Labute approximate surface area is 140 Å². The summed E-state index contributed by atoms with van der Waals surface area (Å²) in [5.74, 6) is -0.0479. The van der Waals surface area contributed by atoms with Gasteiger partial charge in [0.15, 0.2) is 11.0 Å². The first-order valence-electron chi connectivity index (χ1n) is 7.62. The largest absolute Gasteiger partial charge is 0.440 e. The van der Waals surface area contributed by atoms with E-state index in [1.54, 1.807) is 12.1 Å². The fourth-order valence-electron chi connectivity index (χ4n) is 2.49. The van der Waals surface area contributed by atoms with E-state index >= 15 is 0 Å². The van der Waals surface area contributed by atoms with Crippen molar-refractivity contribution < 1.29 is 13.9 Å². The highest BCUT2D eigenvalue weighted by atomic mass is 35.5. The Balaban J connectivity index is 1.50. The van der Waals surface area contributed by atoms with Crippen molar-refractivity contribution in [2.75, 3.05) is 26.3 Å². The smallest absolute Gasteiger partial charge is 0.287 e. The molecule has 1 aromatic carbocycles. The number of nitrogens with one attached hydrogen (secondary N) is 1. The summed E-state index contributed by atoms with van der Waals surface area (Å²) in [7, 11) is 0. The minimum atomic E-state index is -0.269. The maximum Gasteiger partial charge on any atom is 0.287 e. The maximum atomic E-state index is 11.9. The molecule has 1 N–H and O–H groups in total. The number of hydrogen-bond acceptors (Lipinski definition) is 4. The highest BCUT2D eigenvalue weighted by molar-refractivity contribution is 6.29. The number of morpholine rings is 1. The summed E-state index contributed by atoms with van der Waals surface area (Å²) < 4.78 is 10.4. The maximum absolute atomic E-state index is 11.9. The quantitative estimate of drug-likeness (QED) is 0.913. The van der Waals surface area contributed by atoms with Gasteiger partial charge >= 0.3 is 0 Å².